The Morgan fingerprint density at radius 3 is 2.43 bits per heavy atom. The zero-order valence-electron chi connectivity index (χ0n) is 12.9. The van der Waals surface area contributed by atoms with E-state index in [9.17, 15) is 9.59 Å². The quantitative estimate of drug-likeness (QED) is 0.922. The number of aromatic nitrogens is 1. The predicted octanol–water partition coefficient (Wildman–Crippen LogP) is 2.89. The normalized spacial score (nSPS) is 13.6. The molecule has 0 spiro atoms. The van der Waals surface area contributed by atoms with Crippen LogP contribution in [0.1, 0.15) is 44.9 Å². The number of carbonyl (C=O) groups is 2. The van der Waals surface area contributed by atoms with Crippen LogP contribution in [0.4, 0.5) is 0 Å². The Hall–Kier alpha value is -2.69. The maximum absolute atomic E-state index is 12.8. The van der Waals surface area contributed by atoms with Crippen LogP contribution in [0.2, 0.25) is 0 Å². The SMILES string of the molecule is Cc1nc(C(=O)N(Cc2ccccc2)C2CC2)ccc1C(=O)O. The van der Waals surface area contributed by atoms with E-state index in [1.807, 2.05) is 35.2 Å². The van der Waals surface area contributed by atoms with Crippen LogP contribution in [-0.4, -0.2) is 32.9 Å². The van der Waals surface area contributed by atoms with Crippen molar-refractivity contribution >= 4 is 11.9 Å². The molecular formula is C18H18N2O3. The van der Waals surface area contributed by atoms with Crippen molar-refractivity contribution in [2.24, 2.45) is 0 Å². The number of benzene rings is 1. The minimum Gasteiger partial charge on any atom is -0.478 e. The lowest BCUT2D eigenvalue weighted by Gasteiger charge is -2.22. The number of carboxylic acid groups (broad SMARTS) is 1. The van der Waals surface area contributed by atoms with E-state index in [1.165, 1.54) is 12.1 Å². The Bertz CT molecular complexity index is 739. The molecule has 1 aromatic carbocycles. The molecule has 23 heavy (non-hydrogen) atoms. The lowest BCUT2D eigenvalue weighted by molar-refractivity contribution is 0.0688. The molecule has 1 aliphatic rings. The average Bonchev–Trinajstić information content (AvgIpc) is 3.37. The van der Waals surface area contributed by atoms with Gasteiger partial charge in [0, 0.05) is 12.6 Å². The molecule has 1 aliphatic carbocycles. The van der Waals surface area contributed by atoms with E-state index in [-0.39, 0.29) is 17.5 Å². The lowest BCUT2D eigenvalue weighted by atomic mass is 10.1. The van der Waals surface area contributed by atoms with Gasteiger partial charge in [0.15, 0.2) is 0 Å². The maximum atomic E-state index is 12.8. The van der Waals surface area contributed by atoms with E-state index >= 15 is 0 Å². The highest BCUT2D eigenvalue weighted by atomic mass is 16.4. The highest BCUT2D eigenvalue weighted by Crippen LogP contribution is 2.29. The molecule has 118 valence electrons. The fourth-order valence-corrected chi connectivity index (χ4v) is 2.59. The number of carbonyl (C=O) groups excluding carboxylic acids is 1. The molecule has 0 atom stereocenters. The van der Waals surface area contributed by atoms with Gasteiger partial charge in [0.05, 0.1) is 11.3 Å². The molecule has 0 unspecified atom stereocenters. The highest BCUT2D eigenvalue weighted by Gasteiger charge is 2.33. The minimum atomic E-state index is -1.03. The summed E-state index contributed by atoms with van der Waals surface area (Å²) < 4.78 is 0. The van der Waals surface area contributed by atoms with Crippen LogP contribution < -0.4 is 0 Å². The number of hydrogen-bond donors (Lipinski definition) is 1. The number of nitrogens with zero attached hydrogens (tertiary/aromatic N) is 2. The van der Waals surface area contributed by atoms with Gasteiger partial charge in [-0.15, -0.1) is 0 Å². The number of pyridine rings is 1. The molecule has 1 heterocycles. The number of carboxylic acids is 1. The summed E-state index contributed by atoms with van der Waals surface area (Å²) in [5.74, 6) is -1.17. The fourth-order valence-electron chi connectivity index (χ4n) is 2.59. The summed E-state index contributed by atoms with van der Waals surface area (Å²) in [6.45, 7) is 2.16. The molecule has 0 saturated heterocycles. The Kier molecular flexibility index (Phi) is 4.10. The van der Waals surface area contributed by atoms with Crippen LogP contribution in [0.5, 0.6) is 0 Å². The van der Waals surface area contributed by atoms with E-state index in [0.29, 0.717) is 17.9 Å². The second-order valence-electron chi connectivity index (χ2n) is 5.78. The van der Waals surface area contributed by atoms with Gasteiger partial charge in [0.1, 0.15) is 5.69 Å². The van der Waals surface area contributed by atoms with Gasteiger partial charge in [0.25, 0.3) is 5.91 Å². The van der Waals surface area contributed by atoms with Gasteiger partial charge < -0.3 is 10.0 Å². The summed E-state index contributed by atoms with van der Waals surface area (Å²) >= 11 is 0. The van der Waals surface area contributed by atoms with Crippen molar-refractivity contribution in [2.45, 2.75) is 32.4 Å². The van der Waals surface area contributed by atoms with Crippen molar-refractivity contribution in [3.63, 3.8) is 0 Å². The summed E-state index contributed by atoms with van der Waals surface area (Å²) in [5, 5.41) is 9.06. The third-order valence-electron chi connectivity index (χ3n) is 3.98. The number of rotatable bonds is 5. The number of hydrogen-bond acceptors (Lipinski definition) is 3. The van der Waals surface area contributed by atoms with Crippen molar-refractivity contribution in [1.82, 2.24) is 9.88 Å². The topological polar surface area (TPSA) is 70.5 Å². The van der Waals surface area contributed by atoms with E-state index < -0.39 is 5.97 Å². The first kappa shape index (κ1) is 15.2. The van der Waals surface area contributed by atoms with Crippen LogP contribution in [0.3, 0.4) is 0 Å². The molecule has 5 nitrogen and oxygen atoms in total. The van der Waals surface area contributed by atoms with Gasteiger partial charge in [-0.1, -0.05) is 30.3 Å². The summed E-state index contributed by atoms with van der Waals surface area (Å²) in [4.78, 5) is 29.9. The van der Waals surface area contributed by atoms with E-state index in [4.69, 9.17) is 5.11 Å². The molecule has 1 aromatic heterocycles. The van der Waals surface area contributed by atoms with Crippen molar-refractivity contribution in [3.05, 3.63) is 65.0 Å². The predicted molar refractivity (Wildman–Crippen MR) is 85.3 cm³/mol. The molecule has 3 rings (SSSR count). The van der Waals surface area contributed by atoms with E-state index in [0.717, 1.165) is 18.4 Å². The van der Waals surface area contributed by atoms with Crippen LogP contribution in [0.25, 0.3) is 0 Å². The van der Waals surface area contributed by atoms with Crippen LogP contribution in [-0.2, 0) is 6.54 Å². The molecule has 0 bridgehead atoms. The molecule has 1 amide bonds. The lowest BCUT2D eigenvalue weighted by Crippen LogP contribution is -2.33. The van der Waals surface area contributed by atoms with E-state index in [2.05, 4.69) is 4.98 Å². The number of aryl methyl sites for hydroxylation is 1. The first-order valence-electron chi connectivity index (χ1n) is 7.62. The zero-order valence-corrected chi connectivity index (χ0v) is 12.9. The summed E-state index contributed by atoms with van der Waals surface area (Å²) in [7, 11) is 0. The summed E-state index contributed by atoms with van der Waals surface area (Å²) in [5.41, 5.74) is 1.86. The molecule has 0 aliphatic heterocycles. The first-order chi connectivity index (χ1) is 11.1. The monoisotopic (exact) mass is 310 g/mol. The highest BCUT2D eigenvalue weighted by molar-refractivity contribution is 5.94. The van der Waals surface area contributed by atoms with Gasteiger partial charge in [-0.25, -0.2) is 9.78 Å². The van der Waals surface area contributed by atoms with Crippen LogP contribution in [0, 0.1) is 6.92 Å². The third-order valence-corrected chi connectivity index (χ3v) is 3.98. The third kappa shape index (κ3) is 3.39. The van der Waals surface area contributed by atoms with Crippen molar-refractivity contribution in [2.75, 3.05) is 0 Å². The molecular weight excluding hydrogens is 292 g/mol. The second-order valence-corrected chi connectivity index (χ2v) is 5.78. The van der Waals surface area contributed by atoms with Gasteiger partial charge in [-0.05, 0) is 37.5 Å². The zero-order chi connectivity index (χ0) is 16.4. The van der Waals surface area contributed by atoms with E-state index in [1.54, 1.807) is 6.92 Å². The van der Waals surface area contributed by atoms with Crippen molar-refractivity contribution < 1.29 is 14.7 Å². The second kappa shape index (κ2) is 6.20. The maximum Gasteiger partial charge on any atom is 0.337 e. The Labute approximate surface area is 134 Å². The van der Waals surface area contributed by atoms with Crippen molar-refractivity contribution in [3.8, 4) is 0 Å². The molecule has 2 aromatic rings. The van der Waals surface area contributed by atoms with Gasteiger partial charge in [0.2, 0.25) is 0 Å². The average molecular weight is 310 g/mol. The molecule has 5 heteroatoms. The van der Waals surface area contributed by atoms with Crippen molar-refractivity contribution in [1.29, 1.82) is 0 Å². The molecule has 1 N–H and O–H groups in total. The van der Waals surface area contributed by atoms with Gasteiger partial charge in [-0.3, -0.25) is 4.79 Å². The minimum absolute atomic E-state index is 0.127. The molecule has 1 fully saturated rings. The van der Waals surface area contributed by atoms with Crippen LogP contribution in [0.15, 0.2) is 42.5 Å². The van der Waals surface area contributed by atoms with Crippen LogP contribution >= 0.6 is 0 Å². The smallest absolute Gasteiger partial charge is 0.337 e. The number of amides is 1. The molecule has 1 saturated carbocycles. The number of aromatic carboxylic acids is 1. The summed E-state index contributed by atoms with van der Waals surface area (Å²) in [6.07, 6.45) is 2.01. The Morgan fingerprint density at radius 1 is 1.17 bits per heavy atom. The summed E-state index contributed by atoms with van der Waals surface area (Å²) in [6, 6.07) is 13.0. The Balaban J connectivity index is 1.84. The van der Waals surface area contributed by atoms with Gasteiger partial charge in [-0.2, -0.15) is 0 Å². The Morgan fingerprint density at radius 2 is 1.87 bits per heavy atom. The molecule has 0 radical (unpaired) electrons. The largest absolute Gasteiger partial charge is 0.478 e. The van der Waals surface area contributed by atoms with Gasteiger partial charge >= 0.3 is 5.97 Å². The standard InChI is InChI=1S/C18H18N2O3/c1-12-15(18(22)23)9-10-16(19-12)17(21)20(14-7-8-14)11-13-5-3-2-4-6-13/h2-6,9-10,14H,7-8,11H2,1H3,(H,22,23). The first-order valence-corrected chi connectivity index (χ1v) is 7.62. The fraction of sp³-hybridized carbons (Fsp3) is 0.278.